The quantitative estimate of drug-likeness (QED) is 0.534. The molecule has 0 spiro atoms. The van der Waals surface area contributed by atoms with E-state index in [1.165, 1.54) is 12.8 Å². The second-order valence-corrected chi connectivity index (χ2v) is 4.59. The number of hydrogen-bond acceptors (Lipinski definition) is 1. The number of ether oxygens (including phenoxy) is 1. The molecule has 0 amide bonds. The summed E-state index contributed by atoms with van der Waals surface area (Å²) in [5.74, 6) is 0. The van der Waals surface area contributed by atoms with Crippen LogP contribution in [0.2, 0.25) is 5.02 Å². The summed E-state index contributed by atoms with van der Waals surface area (Å²) in [6.45, 7) is 1.44. The highest BCUT2D eigenvalue weighted by molar-refractivity contribution is 9.09. The maximum atomic E-state index is 6.00. The largest absolute Gasteiger partial charge is 0.377 e. The van der Waals surface area contributed by atoms with Gasteiger partial charge in [0.1, 0.15) is 0 Å². The average Bonchev–Trinajstić information content (AvgIpc) is 2.25. The van der Waals surface area contributed by atoms with E-state index >= 15 is 0 Å². The summed E-state index contributed by atoms with van der Waals surface area (Å²) in [5, 5.41) is 1.87. The molecule has 0 heterocycles. The van der Waals surface area contributed by atoms with Crippen LogP contribution in [0, 0.1) is 0 Å². The van der Waals surface area contributed by atoms with Gasteiger partial charge in [0.25, 0.3) is 0 Å². The van der Waals surface area contributed by atoms with Crippen LogP contribution in [-0.2, 0) is 11.3 Å². The first-order chi connectivity index (χ1) is 7.34. The Kier molecular flexibility index (Phi) is 7.07. The fourth-order valence-electron chi connectivity index (χ4n) is 1.27. The standard InChI is InChI=1S/C12H16BrClO/c13-8-4-1-5-9-15-10-11-6-2-3-7-12(11)14/h2-3,6-7H,1,4-5,8-10H2. The van der Waals surface area contributed by atoms with Crippen molar-refractivity contribution in [2.24, 2.45) is 0 Å². The summed E-state index contributed by atoms with van der Waals surface area (Å²) < 4.78 is 5.55. The molecule has 0 bridgehead atoms. The van der Waals surface area contributed by atoms with Crippen LogP contribution in [-0.4, -0.2) is 11.9 Å². The van der Waals surface area contributed by atoms with Crippen LogP contribution in [0.1, 0.15) is 24.8 Å². The third-order valence-corrected chi connectivity index (χ3v) is 3.07. The van der Waals surface area contributed by atoms with Crippen LogP contribution in [0.15, 0.2) is 24.3 Å². The van der Waals surface area contributed by atoms with E-state index in [-0.39, 0.29) is 0 Å². The van der Waals surface area contributed by atoms with Crippen molar-refractivity contribution in [1.82, 2.24) is 0 Å². The van der Waals surface area contributed by atoms with Gasteiger partial charge in [0, 0.05) is 17.0 Å². The second-order valence-electron chi connectivity index (χ2n) is 3.39. The van der Waals surface area contributed by atoms with Crippen molar-refractivity contribution in [3.63, 3.8) is 0 Å². The number of alkyl halides is 1. The number of rotatable bonds is 7. The molecule has 0 fully saturated rings. The van der Waals surface area contributed by atoms with Gasteiger partial charge in [-0.2, -0.15) is 0 Å². The van der Waals surface area contributed by atoms with Crippen LogP contribution in [0.5, 0.6) is 0 Å². The fourth-order valence-corrected chi connectivity index (χ4v) is 1.86. The zero-order valence-corrected chi connectivity index (χ0v) is 11.1. The average molecular weight is 292 g/mol. The zero-order chi connectivity index (χ0) is 10.9. The van der Waals surface area contributed by atoms with Gasteiger partial charge < -0.3 is 4.74 Å². The predicted octanol–water partition coefficient (Wildman–Crippen LogP) is 4.42. The molecule has 0 saturated heterocycles. The minimum Gasteiger partial charge on any atom is -0.377 e. The Morgan fingerprint density at radius 3 is 2.67 bits per heavy atom. The van der Waals surface area contributed by atoms with Crippen molar-refractivity contribution in [2.45, 2.75) is 25.9 Å². The van der Waals surface area contributed by atoms with E-state index in [9.17, 15) is 0 Å². The number of benzene rings is 1. The lowest BCUT2D eigenvalue weighted by Gasteiger charge is -2.05. The Morgan fingerprint density at radius 2 is 1.93 bits per heavy atom. The fraction of sp³-hybridized carbons (Fsp3) is 0.500. The van der Waals surface area contributed by atoms with Gasteiger partial charge in [0.15, 0.2) is 0 Å². The lowest BCUT2D eigenvalue weighted by molar-refractivity contribution is 0.117. The Bertz CT molecular complexity index is 278. The van der Waals surface area contributed by atoms with Gasteiger partial charge in [-0.3, -0.25) is 0 Å². The molecule has 1 nitrogen and oxygen atoms in total. The highest BCUT2D eigenvalue weighted by Gasteiger charge is 1.98. The summed E-state index contributed by atoms with van der Waals surface area (Å²) in [7, 11) is 0. The van der Waals surface area contributed by atoms with Crippen molar-refractivity contribution in [3.8, 4) is 0 Å². The molecule has 0 saturated carbocycles. The van der Waals surface area contributed by atoms with E-state index in [0.29, 0.717) is 6.61 Å². The van der Waals surface area contributed by atoms with Crippen molar-refractivity contribution in [2.75, 3.05) is 11.9 Å². The van der Waals surface area contributed by atoms with Crippen LogP contribution >= 0.6 is 27.5 Å². The van der Waals surface area contributed by atoms with E-state index < -0.39 is 0 Å². The van der Waals surface area contributed by atoms with Crippen LogP contribution < -0.4 is 0 Å². The number of hydrogen-bond donors (Lipinski definition) is 0. The first-order valence-electron chi connectivity index (χ1n) is 5.21. The van der Waals surface area contributed by atoms with E-state index in [4.69, 9.17) is 16.3 Å². The SMILES string of the molecule is Clc1ccccc1COCCCCCBr. The molecule has 0 unspecified atom stereocenters. The van der Waals surface area contributed by atoms with Gasteiger partial charge in [0.2, 0.25) is 0 Å². The van der Waals surface area contributed by atoms with Gasteiger partial charge in [-0.05, 0) is 24.5 Å². The molecule has 0 atom stereocenters. The summed E-state index contributed by atoms with van der Waals surface area (Å²) in [6.07, 6.45) is 3.55. The topological polar surface area (TPSA) is 9.23 Å². The van der Waals surface area contributed by atoms with Gasteiger partial charge >= 0.3 is 0 Å². The van der Waals surface area contributed by atoms with Crippen molar-refractivity contribution >= 4 is 27.5 Å². The summed E-state index contributed by atoms with van der Waals surface area (Å²) in [5.41, 5.74) is 1.07. The Balaban J connectivity index is 2.12. The summed E-state index contributed by atoms with van der Waals surface area (Å²) in [4.78, 5) is 0. The first-order valence-corrected chi connectivity index (χ1v) is 6.71. The smallest absolute Gasteiger partial charge is 0.0731 e. The van der Waals surface area contributed by atoms with Gasteiger partial charge in [-0.1, -0.05) is 52.2 Å². The summed E-state index contributed by atoms with van der Waals surface area (Å²) >= 11 is 9.41. The lowest BCUT2D eigenvalue weighted by atomic mass is 10.2. The van der Waals surface area contributed by atoms with E-state index in [2.05, 4.69) is 15.9 Å². The van der Waals surface area contributed by atoms with Crippen LogP contribution in [0.4, 0.5) is 0 Å². The molecule has 1 aromatic rings. The van der Waals surface area contributed by atoms with Gasteiger partial charge in [-0.25, -0.2) is 0 Å². The first kappa shape index (κ1) is 13.0. The van der Waals surface area contributed by atoms with Gasteiger partial charge in [-0.15, -0.1) is 0 Å². The van der Waals surface area contributed by atoms with Crippen molar-refractivity contribution < 1.29 is 4.74 Å². The monoisotopic (exact) mass is 290 g/mol. The van der Waals surface area contributed by atoms with Crippen molar-refractivity contribution in [1.29, 1.82) is 0 Å². The van der Waals surface area contributed by atoms with E-state index in [0.717, 1.165) is 28.9 Å². The van der Waals surface area contributed by atoms with Gasteiger partial charge in [0.05, 0.1) is 6.61 Å². The highest BCUT2D eigenvalue weighted by atomic mass is 79.9. The molecule has 1 rings (SSSR count). The predicted molar refractivity (Wildman–Crippen MR) is 68.8 cm³/mol. The normalized spacial score (nSPS) is 10.5. The molecule has 0 radical (unpaired) electrons. The minimum absolute atomic E-state index is 0.619. The molecule has 3 heteroatoms. The van der Waals surface area contributed by atoms with E-state index in [1.807, 2.05) is 24.3 Å². The Labute approximate surface area is 105 Å². The zero-order valence-electron chi connectivity index (χ0n) is 8.72. The third kappa shape index (κ3) is 5.55. The third-order valence-electron chi connectivity index (χ3n) is 2.14. The summed E-state index contributed by atoms with van der Waals surface area (Å²) in [6, 6.07) is 7.81. The van der Waals surface area contributed by atoms with Crippen molar-refractivity contribution in [3.05, 3.63) is 34.9 Å². The molecular formula is C12H16BrClO. The van der Waals surface area contributed by atoms with Crippen LogP contribution in [0.3, 0.4) is 0 Å². The number of unbranched alkanes of at least 4 members (excludes halogenated alkanes) is 2. The molecule has 0 aromatic heterocycles. The number of halogens is 2. The Morgan fingerprint density at radius 1 is 1.13 bits per heavy atom. The van der Waals surface area contributed by atoms with Crippen LogP contribution in [0.25, 0.3) is 0 Å². The second kappa shape index (κ2) is 8.14. The minimum atomic E-state index is 0.619. The molecule has 0 aliphatic carbocycles. The molecule has 0 aliphatic heterocycles. The molecule has 0 aliphatic rings. The van der Waals surface area contributed by atoms with E-state index in [1.54, 1.807) is 0 Å². The maximum absolute atomic E-state index is 6.00. The molecule has 84 valence electrons. The maximum Gasteiger partial charge on any atom is 0.0731 e. The molecule has 0 N–H and O–H groups in total. The highest BCUT2D eigenvalue weighted by Crippen LogP contribution is 2.15. The Hall–Kier alpha value is -0.0500. The molecule has 15 heavy (non-hydrogen) atoms. The molecule has 1 aromatic carbocycles. The lowest BCUT2D eigenvalue weighted by Crippen LogP contribution is -1.96. The molecular weight excluding hydrogens is 275 g/mol.